The van der Waals surface area contributed by atoms with E-state index in [2.05, 4.69) is 56.8 Å². The van der Waals surface area contributed by atoms with Crippen LogP contribution in [-0.4, -0.2) is 14.4 Å². The average molecular weight is 335 g/mol. The highest BCUT2D eigenvalue weighted by molar-refractivity contribution is 6.07. The molecule has 122 valence electrons. The number of imidazole rings is 1. The minimum atomic E-state index is 0.675. The molecule has 0 spiro atoms. The normalized spacial score (nSPS) is 11.8. The molecule has 4 nitrogen and oxygen atoms in total. The van der Waals surface area contributed by atoms with E-state index < -0.39 is 0 Å². The molecule has 0 N–H and O–H groups in total. The van der Waals surface area contributed by atoms with Crippen LogP contribution in [0.3, 0.4) is 0 Å². The lowest BCUT2D eigenvalue weighted by Crippen LogP contribution is -1.92. The lowest BCUT2D eigenvalue weighted by Gasteiger charge is -2.02. The first-order valence-corrected chi connectivity index (χ1v) is 8.52. The fourth-order valence-corrected chi connectivity index (χ4v) is 3.70. The number of aromatic nitrogens is 3. The standard InChI is InChI=1S/C22H13N3O/c1-2-6-15-14(5-1)9-10-20-16(15)13-21(26-20)19-11-12-23-22-24-17-7-3-4-8-18(17)25(19)22/h1-13H. The molecule has 6 aromatic rings. The lowest BCUT2D eigenvalue weighted by molar-refractivity contribution is 0.628. The first-order valence-electron chi connectivity index (χ1n) is 8.52. The van der Waals surface area contributed by atoms with Crippen molar-refractivity contribution in [3.05, 3.63) is 79.0 Å². The van der Waals surface area contributed by atoms with Crippen LogP contribution in [0.2, 0.25) is 0 Å². The number of benzene rings is 3. The van der Waals surface area contributed by atoms with Crippen molar-refractivity contribution in [3.8, 4) is 11.5 Å². The molecule has 0 bridgehead atoms. The van der Waals surface area contributed by atoms with Gasteiger partial charge < -0.3 is 4.42 Å². The van der Waals surface area contributed by atoms with Gasteiger partial charge >= 0.3 is 0 Å². The van der Waals surface area contributed by atoms with Crippen molar-refractivity contribution < 1.29 is 4.42 Å². The first kappa shape index (κ1) is 13.6. The molecule has 0 aliphatic rings. The maximum absolute atomic E-state index is 6.21. The van der Waals surface area contributed by atoms with E-state index in [0.717, 1.165) is 33.5 Å². The highest BCUT2D eigenvalue weighted by atomic mass is 16.3. The highest BCUT2D eigenvalue weighted by Crippen LogP contribution is 2.33. The zero-order valence-electron chi connectivity index (χ0n) is 13.8. The van der Waals surface area contributed by atoms with Crippen molar-refractivity contribution in [1.29, 1.82) is 0 Å². The summed E-state index contributed by atoms with van der Waals surface area (Å²) < 4.78 is 8.26. The molecular weight excluding hydrogens is 322 g/mol. The van der Waals surface area contributed by atoms with Crippen molar-refractivity contribution in [1.82, 2.24) is 14.4 Å². The summed E-state index contributed by atoms with van der Waals surface area (Å²) in [5.74, 6) is 1.49. The topological polar surface area (TPSA) is 43.3 Å². The summed E-state index contributed by atoms with van der Waals surface area (Å²) >= 11 is 0. The van der Waals surface area contributed by atoms with E-state index in [1.54, 1.807) is 6.20 Å². The van der Waals surface area contributed by atoms with Crippen LogP contribution in [0, 0.1) is 0 Å². The molecule has 0 amide bonds. The molecule has 0 aliphatic heterocycles. The van der Waals surface area contributed by atoms with Gasteiger partial charge in [-0.25, -0.2) is 9.97 Å². The summed E-state index contributed by atoms with van der Waals surface area (Å²) in [4.78, 5) is 9.03. The number of furan rings is 1. The van der Waals surface area contributed by atoms with Crippen molar-refractivity contribution >= 4 is 38.6 Å². The van der Waals surface area contributed by atoms with E-state index in [1.165, 1.54) is 10.8 Å². The quantitative estimate of drug-likeness (QED) is 0.401. The van der Waals surface area contributed by atoms with Crippen LogP contribution in [-0.2, 0) is 0 Å². The van der Waals surface area contributed by atoms with E-state index in [4.69, 9.17) is 4.42 Å². The van der Waals surface area contributed by atoms with Crippen LogP contribution in [0.1, 0.15) is 0 Å². The number of nitrogens with zero attached hydrogens (tertiary/aromatic N) is 3. The van der Waals surface area contributed by atoms with Crippen LogP contribution >= 0.6 is 0 Å². The molecule has 0 unspecified atom stereocenters. The predicted octanol–water partition coefficient (Wildman–Crippen LogP) is 5.45. The van der Waals surface area contributed by atoms with Crippen molar-refractivity contribution in [2.45, 2.75) is 0 Å². The van der Waals surface area contributed by atoms with Crippen molar-refractivity contribution in [2.75, 3.05) is 0 Å². The second-order valence-electron chi connectivity index (χ2n) is 6.38. The monoisotopic (exact) mass is 335 g/mol. The zero-order valence-corrected chi connectivity index (χ0v) is 13.8. The third-order valence-corrected chi connectivity index (χ3v) is 4.88. The number of rotatable bonds is 1. The summed E-state index contributed by atoms with van der Waals surface area (Å²) in [5, 5.41) is 3.52. The molecule has 0 saturated heterocycles. The Morgan fingerprint density at radius 3 is 2.69 bits per heavy atom. The number of para-hydroxylation sites is 2. The fourth-order valence-electron chi connectivity index (χ4n) is 3.70. The van der Waals surface area contributed by atoms with Gasteiger partial charge in [-0.1, -0.05) is 42.5 Å². The molecule has 0 aliphatic carbocycles. The van der Waals surface area contributed by atoms with Gasteiger partial charge in [0.25, 0.3) is 0 Å². The smallest absolute Gasteiger partial charge is 0.235 e. The molecular formula is C22H13N3O. The number of hydrogen-bond donors (Lipinski definition) is 0. The van der Waals surface area contributed by atoms with Crippen LogP contribution in [0.25, 0.3) is 50.0 Å². The summed E-state index contributed by atoms with van der Waals surface area (Å²) in [7, 11) is 0. The summed E-state index contributed by atoms with van der Waals surface area (Å²) in [5.41, 5.74) is 3.78. The third-order valence-electron chi connectivity index (χ3n) is 4.88. The van der Waals surface area contributed by atoms with Crippen LogP contribution in [0.15, 0.2) is 83.4 Å². The molecule has 6 rings (SSSR count). The van der Waals surface area contributed by atoms with Gasteiger partial charge in [-0.15, -0.1) is 0 Å². The van der Waals surface area contributed by atoms with Crippen LogP contribution < -0.4 is 0 Å². The molecule has 0 saturated carbocycles. The Morgan fingerprint density at radius 1 is 0.808 bits per heavy atom. The molecule has 4 heteroatoms. The number of fused-ring (bicyclic) bond motifs is 6. The molecule has 0 fully saturated rings. The van der Waals surface area contributed by atoms with Gasteiger partial charge in [0.15, 0.2) is 5.76 Å². The van der Waals surface area contributed by atoms with E-state index in [9.17, 15) is 0 Å². The largest absolute Gasteiger partial charge is 0.454 e. The molecule has 0 atom stereocenters. The van der Waals surface area contributed by atoms with Gasteiger partial charge in [-0.2, -0.15) is 0 Å². The van der Waals surface area contributed by atoms with Gasteiger partial charge in [-0.05, 0) is 41.1 Å². The second kappa shape index (κ2) is 4.92. The molecule has 3 heterocycles. The van der Waals surface area contributed by atoms with Gasteiger partial charge in [0.1, 0.15) is 5.58 Å². The fraction of sp³-hybridized carbons (Fsp3) is 0. The minimum absolute atomic E-state index is 0.675. The molecule has 0 radical (unpaired) electrons. The Morgan fingerprint density at radius 2 is 1.69 bits per heavy atom. The van der Waals surface area contributed by atoms with Gasteiger partial charge in [0.05, 0.1) is 16.7 Å². The highest BCUT2D eigenvalue weighted by Gasteiger charge is 2.14. The summed E-state index contributed by atoms with van der Waals surface area (Å²) in [6.07, 6.45) is 1.78. The first-order chi connectivity index (χ1) is 12.9. The Labute approximate surface area is 148 Å². The Balaban J connectivity index is 1.72. The molecule has 3 aromatic carbocycles. The number of hydrogen-bond acceptors (Lipinski definition) is 3. The average Bonchev–Trinajstić information content (AvgIpc) is 3.29. The summed E-state index contributed by atoms with van der Waals surface area (Å²) in [6, 6.07) is 24.6. The zero-order chi connectivity index (χ0) is 17.1. The molecule has 26 heavy (non-hydrogen) atoms. The van der Waals surface area contributed by atoms with E-state index in [1.807, 2.05) is 30.3 Å². The maximum atomic E-state index is 6.21. The van der Waals surface area contributed by atoms with Gasteiger partial charge in [0.2, 0.25) is 5.78 Å². The summed E-state index contributed by atoms with van der Waals surface area (Å²) in [6.45, 7) is 0. The predicted molar refractivity (Wildman–Crippen MR) is 103 cm³/mol. The Kier molecular flexibility index (Phi) is 2.58. The van der Waals surface area contributed by atoms with Gasteiger partial charge in [-0.3, -0.25) is 4.40 Å². The Hall–Kier alpha value is -3.66. The van der Waals surface area contributed by atoms with Crippen molar-refractivity contribution in [3.63, 3.8) is 0 Å². The SMILES string of the molecule is c1ccc2c(c1)ccc1oc(-c3ccnc4nc5ccccc5n34)cc12. The van der Waals surface area contributed by atoms with Gasteiger partial charge in [0, 0.05) is 11.6 Å². The Bertz CT molecular complexity index is 1440. The van der Waals surface area contributed by atoms with E-state index in [0.29, 0.717) is 5.78 Å². The second-order valence-corrected chi connectivity index (χ2v) is 6.38. The van der Waals surface area contributed by atoms with E-state index >= 15 is 0 Å². The van der Waals surface area contributed by atoms with Crippen LogP contribution in [0.4, 0.5) is 0 Å². The maximum Gasteiger partial charge on any atom is 0.235 e. The van der Waals surface area contributed by atoms with Crippen LogP contribution in [0.5, 0.6) is 0 Å². The lowest BCUT2D eigenvalue weighted by atomic mass is 10.1. The third kappa shape index (κ3) is 1.78. The molecule has 3 aromatic heterocycles. The van der Waals surface area contributed by atoms with Crippen molar-refractivity contribution in [2.24, 2.45) is 0 Å². The van der Waals surface area contributed by atoms with E-state index in [-0.39, 0.29) is 0 Å². The minimum Gasteiger partial charge on any atom is -0.454 e.